The molecule has 1 aliphatic carbocycles. The van der Waals surface area contributed by atoms with E-state index in [9.17, 15) is 4.39 Å². The second kappa shape index (κ2) is 8.40. The van der Waals surface area contributed by atoms with Gasteiger partial charge in [-0.25, -0.2) is 4.39 Å². The minimum Gasteiger partial charge on any atom is -0.396 e. The van der Waals surface area contributed by atoms with Gasteiger partial charge in [0.05, 0.1) is 23.1 Å². The molecule has 1 heterocycles. The largest absolute Gasteiger partial charge is 0.396 e. The van der Waals surface area contributed by atoms with Crippen molar-refractivity contribution in [3.63, 3.8) is 0 Å². The quantitative estimate of drug-likeness (QED) is 0.547. The first-order valence-electron chi connectivity index (χ1n) is 10.4. The number of nitrogens with zero attached hydrogens (tertiary/aromatic N) is 2. The molecule has 0 atom stereocenters. The summed E-state index contributed by atoms with van der Waals surface area (Å²) < 4.78 is 14.2. The smallest absolute Gasteiger partial charge is 0.128 e. The van der Waals surface area contributed by atoms with Crippen LogP contribution in [0.4, 0.5) is 15.8 Å². The summed E-state index contributed by atoms with van der Waals surface area (Å²) in [4.78, 5) is 6.79. The van der Waals surface area contributed by atoms with Crippen LogP contribution in [0.3, 0.4) is 0 Å². The molecular weight excluding hydrogens is 399 g/mol. The summed E-state index contributed by atoms with van der Waals surface area (Å²) in [5, 5.41) is 5.05. The fourth-order valence-corrected chi connectivity index (χ4v) is 4.51. The Labute approximate surface area is 182 Å². The summed E-state index contributed by atoms with van der Waals surface area (Å²) in [6.07, 6.45) is 6.24. The van der Waals surface area contributed by atoms with Gasteiger partial charge in [0, 0.05) is 28.1 Å². The van der Waals surface area contributed by atoms with Crippen molar-refractivity contribution >= 4 is 33.9 Å². The van der Waals surface area contributed by atoms with Crippen molar-refractivity contribution in [1.29, 1.82) is 0 Å². The number of fused-ring (bicyclic) bond motifs is 1. The third-order valence-corrected chi connectivity index (χ3v) is 6.68. The number of rotatable bonds is 4. The van der Waals surface area contributed by atoms with Crippen LogP contribution < -0.4 is 11.1 Å². The van der Waals surface area contributed by atoms with Gasteiger partial charge in [-0.15, -0.1) is 0 Å². The van der Waals surface area contributed by atoms with Crippen molar-refractivity contribution in [2.45, 2.75) is 44.7 Å². The first kappa shape index (κ1) is 20.9. The van der Waals surface area contributed by atoms with E-state index in [1.54, 1.807) is 19.2 Å². The molecule has 0 bridgehead atoms. The second-order valence-corrected chi connectivity index (χ2v) is 8.91. The highest BCUT2D eigenvalue weighted by Gasteiger charge is 2.23. The number of halogens is 2. The molecule has 3 aromatic rings. The highest BCUT2D eigenvalue weighted by atomic mass is 35.5. The van der Waals surface area contributed by atoms with Crippen molar-refractivity contribution < 1.29 is 4.39 Å². The van der Waals surface area contributed by atoms with Crippen LogP contribution in [0.25, 0.3) is 22.0 Å². The van der Waals surface area contributed by atoms with Gasteiger partial charge in [0.15, 0.2) is 0 Å². The molecule has 1 saturated carbocycles. The Hall–Kier alpha value is -2.37. The summed E-state index contributed by atoms with van der Waals surface area (Å²) in [7, 11) is 4.29. The number of anilines is 2. The van der Waals surface area contributed by atoms with Crippen LogP contribution in [0.1, 0.15) is 31.2 Å². The Kier molecular flexibility index (Phi) is 5.85. The maximum absolute atomic E-state index is 14.2. The first-order valence-corrected chi connectivity index (χ1v) is 10.8. The van der Waals surface area contributed by atoms with Gasteiger partial charge in [0.25, 0.3) is 0 Å². The third kappa shape index (κ3) is 4.09. The van der Waals surface area contributed by atoms with Crippen molar-refractivity contribution in [3.05, 3.63) is 52.9 Å². The first-order chi connectivity index (χ1) is 14.3. The molecule has 2 aromatic carbocycles. The predicted octanol–water partition coefficient (Wildman–Crippen LogP) is 5.87. The zero-order valence-corrected chi connectivity index (χ0v) is 18.4. The second-order valence-electron chi connectivity index (χ2n) is 8.50. The molecule has 158 valence electrons. The van der Waals surface area contributed by atoms with E-state index in [1.807, 2.05) is 18.2 Å². The van der Waals surface area contributed by atoms with Gasteiger partial charge < -0.3 is 16.0 Å². The normalized spacial score (nSPS) is 19.4. The lowest BCUT2D eigenvalue weighted by atomic mass is 9.90. The lowest BCUT2D eigenvalue weighted by Crippen LogP contribution is -2.36. The number of hydrogen-bond acceptors (Lipinski definition) is 4. The van der Waals surface area contributed by atoms with Gasteiger partial charge in [0.2, 0.25) is 0 Å². The van der Waals surface area contributed by atoms with Crippen molar-refractivity contribution in [3.8, 4) is 11.1 Å². The highest BCUT2D eigenvalue weighted by molar-refractivity contribution is 6.31. The summed E-state index contributed by atoms with van der Waals surface area (Å²) in [6.45, 7) is 1.68. The SMILES string of the molecule is Cc1c(F)cc(-c2ccc3ncc(N)c(NC4CCC(N(C)C)CC4)c3c2)cc1Cl. The molecular formula is C24H28ClFN4. The van der Waals surface area contributed by atoms with Crippen LogP contribution in [0, 0.1) is 12.7 Å². The van der Waals surface area contributed by atoms with Crippen molar-refractivity contribution in [2.24, 2.45) is 0 Å². The average molecular weight is 427 g/mol. The Balaban J connectivity index is 1.68. The van der Waals surface area contributed by atoms with Crippen molar-refractivity contribution in [1.82, 2.24) is 9.88 Å². The standard InChI is InChI=1S/C24H28ClFN4/c1-14-20(25)11-16(12-21(14)26)15-4-9-23-19(10-15)24(22(27)13-28-23)29-17-5-7-18(8-6-17)30(2)3/h4,9-13,17-18H,5-8,27H2,1-3H3,(H,28,29). The van der Waals surface area contributed by atoms with Gasteiger partial charge in [-0.1, -0.05) is 17.7 Å². The van der Waals surface area contributed by atoms with Crippen LogP contribution in [0.15, 0.2) is 36.5 Å². The summed E-state index contributed by atoms with van der Waals surface area (Å²) in [5.74, 6) is -0.306. The highest BCUT2D eigenvalue weighted by Crippen LogP contribution is 2.35. The van der Waals surface area contributed by atoms with Crippen LogP contribution in [-0.4, -0.2) is 36.1 Å². The molecule has 0 aliphatic heterocycles. The number of aromatic nitrogens is 1. The summed E-state index contributed by atoms with van der Waals surface area (Å²) >= 11 is 6.22. The molecule has 0 spiro atoms. The number of hydrogen-bond donors (Lipinski definition) is 2. The molecule has 4 nitrogen and oxygen atoms in total. The van der Waals surface area contributed by atoms with E-state index < -0.39 is 0 Å². The molecule has 0 saturated heterocycles. The molecule has 30 heavy (non-hydrogen) atoms. The molecule has 4 rings (SSSR count). The lowest BCUT2D eigenvalue weighted by molar-refractivity contribution is 0.221. The molecule has 1 fully saturated rings. The Morgan fingerprint density at radius 3 is 2.50 bits per heavy atom. The monoisotopic (exact) mass is 426 g/mol. The van der Waals surface area contributed by atoms with E-state index in [2.05, 4.69) is 29.3 Å². The van der Waals surface area contributed by atoms with Gasteiger partial charge >= 0.3 is 0 Å². The van der Waals surface area contributed by atoms with Crippen molar-refractivity contribution in [2.75, 3.05) is 25.1 Å². The molecule has 0 unspecified atom stereocenters. The fourth-order valence-electron chi connectivity index (χ4n) is 4.30. The maximum atomic E-state index is 14.2. The maximum Gasteiger partial charge on any atom is 0.128 e. The average Bonchev–Trinajstić information content (AvgIpc) is 2.73. The minimum absolute atomic E-state index is 0.306. The Morgan fingerprint density at radius 1 is 1.10 bits per heavy atom. The van der Waals surface area contributed by atoms with Gasteiger partial charge in [-0.2, -0.15) is 0 Å². The summed E-state index contributed by atoms with van der Waals surface area (Å²) in [5.41, 5.74) is 10.8. The summed E-state index contributed by atoms with van der Waals surface area (Å²) in [6, 6.07) is 10.3. The van der Waals surface area contributed by atoms with Gasteiger partial charge in [-0.3, -0.25) is 4.98 Å². The fraction of sp³-hybridized carbons (Fsp3) is 0.375. The molecule has 0 amide bonds. The van der Waals surface area contributed by atoms with E-state index in [-0.39, 0.29) is 5.82 Å². The van der Waals surface area contributed by atoms with Gasteiger partial charge in [0.1, 0.15) is 5.82 Å². The number of nitrogens with two attached hydrogens (primary N) is 1. The zero-order valence-electron chi connectivity index (χ0n) is 17.7. The van der Waals surface area contributed by atoms with Crippen LogP contribution in [0.2, 0.25) is 5.02 Å². The van der Waals surface area contributed by atoms with Crippen LogP contribution >= 0.6 is 11.6 Å². The van der Waals surface area contributed by atoms with E-state index in [4.69, 9.17) is 17.3 Å². The number of nitrogen functional groups attached to an aromatic ring is 1. The van der Waals surface area contributed by atoms with Crippen LogP contribution in [-0.2, 0) is 0 Å². The van der Waals surface area contributed by atoms with Crippen LogP contribution in [0.5, 0.6) is 0 Å². The number of nitrogens with one attached hydrogen (secondary N) is 1. The minimum atomic E-state index is -0.306. The Bertz CT molecular complexity index is 1050. The molecule has 1 aliphatic rings. The zero-order chi connectivity index (χ0) is 21.4. The molecule has 0 radical (unpaired) electrons. The van der Waals surface area contributed by atoms with Gasteiger partial charge in [-0.05, 0) is 82.1 Å². The van der Waals surface area contributed by atoms with E-state index in [0.717, 1.165) is 40.6 Å². The molecule has 6 heteroatoms. The predicted molar refractivity (Wildman–Crippen MR) is 125 cm³/mol. The molecule has 3 N–H and O–H groups in total. The van der Waals surface area contributed by atoms with E-state index in [0.29, 0.717) is 28.4 Å². The topological polar surface area (TPSA) is 54.2 Å². The lowest BCUT2D eigenvalue weighted by Gasteiger charge is -2.33. The van der Waals surface area contributed by atoms with E-state index in [1.165, 1.54) is 18.9 Å². The number of benzene rings is 2. The number of pyridine rings is 1. The third-order valence-electron chi connectivity index (χ3n) is 6.29. The Morgan fingerprint density at radius 2 is 1.83 bits per heavy atom. The molecule has 1 aromatic heterocycles. The van der Waals surface area contributed by atoms with E-state index >= 15 is 0 Å².